The Labute approximate surface area is 100 Å². The lowest BCUT2D eigenvalue weighted by atomic mass is 9.98. The Balaban J connectivity index is 2.52. The lowest BCUT2D eigenvalue weighted by Gasteiger charge is -2.07. The Kier molecular flexibility index (Phi) is 2.08. The van der Waals surface area contributed by atoms with E-state index in [1.807, 2.05) is 38.1 Å². The van der Waals surface area contributed by atoms with Gasteiger partial charge in [-0.1, -0.05) is 30.3 Å². The first-order valence-corrected chi connectivity index (χ1v) is 5.76. The standard InChI is InChI=1S/C16H13O/c1-10-7-14-8-12-5-3-4-6-13(12)9-15(14)16(17)11(10)2/h3-9H,1-2H3. The van der Waals surface area contributed by atoms with Gasteiger partial charge in [0.1, 0.15) is 0 Å². The fourth-order valence-electron chi connectivity index (χ4n) is 2.30. The monoisotopic (exact) mass is 221 g/mol. The molecule has 0 saturated carbocycles. The Morgan fingerprint density at radius 2 is 1.47 bits per heavy atom. The van der Waals surface area contributed by atoms with Gasteiger partial charge in [0.25, 0.3) is 0 Å². The molecule has 0 amide bonds. The van der Waals surface area contributed by atoms with E-state index in [0.717, 1.165) is 27.3 Å². The number of fused-ring (bicyclic) bond motifs is 2. The Morgan fingerprint density at radius 3 is 2.18 bits per heavy atom. The fourth-order valence-corrected chi connectivity index (χ4v) is 2.30. The van der Waals surface area contributed by atoms with E-state index in [1.54, 1.807) is 0 Å². The van der Waals surface area contributed by atoms with Crippen molar-refractivity contribution in [2.24, 2.45) is 0 Å². The minimum absolute atomic E-state index is 0.158. The van der Waals surface area contributed by atoms with Gasteiger partial charge in [0.2, 0.25) is 0 Å². The molecule has 1 nitrogen and oxygen atoms in total. The molecular formula is C16H13O. The zero-order chi connectivity index (χ0) is 12.0. The minimum atomic E-state index is 0.158. The van der Waals surface area contributed by atoms with E-state index in [9.17, 15) is 5.11 Å². The second-order valence-electron chi connectivity index (χ2n) is 4.57. The van der Waals surface area contributed by atoms with Crippen molar-refractivity contribution < 1.29 is 5.11 Å². The Hall–Kier alpha value is -2.02. The largest absolute Gasteiger partial charge is 0.289 e. The van der Waals surface area contributed by atoms with E-state index in [4.69, 9.17) is 0 Å². The van der Waals surface area contributed by atoms with E-state index >= 15 is 0 Å². The zero-order valence-corrected chi connectivity index (χ0v) is 9.95. The molecule has 0 aliphatic heterocycles. The van der Waals surface area contributed by atoms with Crippen LogP contribution in [0.4, 0.5) is 0 Å². The van der Waals surface area contributed by atoms with Crippen molar-refractivity contribution in [3.8, 4) is 5.75 Å². The summed E-state index contributed by atoms with van der Waals surface area (Å²) in [5, 5.41) is 16.4. The van der Waals surface area contributed by atoms with Gasteiger partial charge >= 0.3 is 0 Å². The summed E-state index contributed by atoms with van der Waals surface area (Å²) in [4.78, 5) is 0. The Bertz CT molecular complexity index is 726. The molecule has 17 heavy (non-hydrogen) atoms. The first-order chi connectivity index (χ1) is 8.16. The van der Waals surface area contributed by atoms with Crippen LogP contribution >= 0.6 is 0 Å². The molecule has 3 aromatic rings. The van der Waals surface area contributed by atoms with Crippen molar-refractivity contribution >= 4 is 21.5 Å². The van der Waals surface area contributed by atoms with Crippen molar-refractivity contribution in [2.75, 3.05) is 0 Å². The maximum atomic E-state index is 12.2. The van der Waals surface area contributed by atoms with Crippen molar-refractivity contribution in [1.29, 1.82) is 0 Å². The highest BCUT2D eigenvalue weighted by molar-refractivity contribution is 6.01. The molecule has 0 bridgehead atoms. The van der Waals surface area contributed by atoms with E-state index < -0.39 is 0 Å². The summed E-state index contributed by atoms with van der Waals surface area (Å²) in [7, 11) is 0. The van der Waals surface area contributed by atoms with E-state index in [1.165, 1.54) is 5.39 Å². The third-order valence-electron chi connectivity index (χ3n) is 3.47. The molecule has 0 fully saturated rings. The van der Waals surface area contributed by atoms with Crippen LogP contribution in [0.15, 0.2) is 42.5 Å². The molecule has 3 aromatic carbocycles. The second kappa shape index (κ2) is 3.49. The van der Waals surface area contributed by atoms with Crippen LogP contribution in [0.25, 0.3) is 21.5 Å². The molecule has 0 aromatic heterocycles. The van der Waals surface area contributed by atoms with Gasteiger partial charge in [-0.05, 0) is 53.3 Å². The van der Waals surface area contributed by atoms with Gasteiger partial charge < -0.3 is 0 Å². The number of hydrogen-bond donors (Lipinski definition) is 0. The second-order valence-corrected chi connectivity index (χ2v) is 4.57. The third-order valence-corrected chi connectivity index (χ3v) is 3.47. The molecule has 0 unspecified atom stereocenters. The molecule has 0 heterocycles. The van der Waals surface area contributed by atoms with Crippen LogP contribution in [-0.2, 0) is 5.11 Å². The summed E-state index contributed by atoms with van der Waals surface area (Å²) in [6, 6.07) is 14.3. The highest BCUT2D eigenvalue weighted by Gasteiger charge is 2.09. The molecule has 0 aliphatic rings. The van der Waals surface area contributed by atoms with Crippen LogP contribution in [-0.4, -0.2) is 0 Å². The van der Waals surface area contributed by atoms with Crippen LogP contribution in [0.3, 0.4) is 0 Å². The lowest BCUT2D eigenvalue weighted by Crippen LogP contribution is -1.84. The SMILES string of the molecule is Cc1cc2cc3ccccc3cc2c([O])c1C. The molecule has 83 valence electrons. The Morgan fingerprint density at radius 1 is 0.824 bits per heavy atom. The molecule has 1 radical (unpaired) electrons. The van der Waals surface area contributed by atoms with E-state index in [-0.39, 0.29) is 5.75 Å². The number of aryl methyl sites for hydroxylation is 1. The summed E-state index contributed by atoms with van der Waals surface area (Å²) in [5.41, 5.74) is 1.92. The predicted molar refractivity (Wildman–Crippen MR) is 71.1 cm³/mol. The fraction of sp³-hybridized carbons (Fsp3) is 0.125. The van der Waals surface area contributed by atoms with Gasteiger partial charge in [0.15, 0.2) is 5.75 Å². The van der Waals surface area contributed by atoms with Crippen molar-refractivity contribution in [3.05, 3.63) is 53.6 Å². The van der Waals surface area contributed by atoms with Crippen molar-refractivity contribution in [2.45, 2.75) is 13.8 Å². The molecular weight excluding hydrogens is 208 g/mol. The highest BCUT2D eigenvalue weighted by atomic mass is 16.3. The smallest absolute Gasteiger partial charge is 0.189 e. The molecule has 0 aliphatic carbocycles. The van der Waals surface area contributed by atoms with Gasteiger partial charge in [-0.25, -0.2) is 0 Å². The number of benzene rings is 3. The van der Waals surface area contributed by atoms with E-state index in [0.29, 0.717) is 0 Å². The number of rotatable bonds is 0. The molecule has 0 saturated heterocycles. The third kappa shape index (κ3) is 1.47. The van der Waals surface area contributed by atoms with Gasteiger partial charge in [0.05, 0.1) is 0 Å². The molecule has 1 heteroatoms. The molecule has 0 N–H and O–H groups in total. The summed E-state index contributed by atoms with van der Waals surface area (Å²) in [5.74, 6) is 0.158. The number of hydrogen-bond acceptors (Lipinski definition) is 0. The van der Waals surface area contributed by atoms with E-state index in [2.05, 4.69) is 18.2 Å². The molecule has 0 atom stereocenters. The van der Waals surface area contributed by atoms with Crippen molar-refractivity contribution in [1.82, 2.24) is 0 Å². The van der Waals surface area contributed by atoms with Crippen LogP contribution < -0.4 is 0 Å². The maximum Gasteiger partial charge on any atom is 0.189 e. The summed E-state index contributed by atoms with van der Waals surface area (Å²) in [6.45, 7) is 3.89. The van der Waals surface area contributed by atoms with Crippen molar-refractivity contribution in [3.63, 3.8) is 0 Å². The summed E-state index contributed by atoms with van der Waals surface area (Å²) in [6.07, 6.45) is 0. The topological polar surface area (TPSA) is 19.9 Å². The molecule has 0 spiro atoms. The average Bonchev–Trinajstić information content (AvgIpc) is 2.34. The predicted octanol–water partition coefficient (Wildman–Crippen LogP) is 4.75. The van der Waals surface area contributed by atoms with Crippen LogP contribution in [0.2, 0.25) is 0 Å². The van der Waals surface area contributed by atoms with Crippen LogP contribution in [0.5, 0.6) is 5.75 Å². The minimum Gasteiger partial charge on any atom is -0.289 e. The quantitative estimate of drug-likeness (QED) is 0.488. The highest BCUT2D eigenvalue weighted by Crippen LogP contribution is 2.34. The van der Waals surface area contributed by atoms with Gasteiger partial charge in [-0.15, -0.1) is 0 Å². The zero-order valence-electron chi connectivity index (χ0n) is 9.95. The average molecular weight is 221 g/mol. The van der Waals surface area contributed by atoms with Gasteiger partial charge in [-0.3, -0.25) is 5.11 Å². The maximum absolute atomic E-state index is 12.2. The first kappa shape index (κ1) is 10.2. The normalized spacial score (nSPS) is 11.2. The van der Waals surface area contributed by atoms with Gasteiger partial charge in [-0.2, -0.15) is 0 Å². The lowest BCUT2D eigenvalue weighted by molar-refractivity contribution is 0.357. The van der Waals surface area contributed by atoms with Crippen LogP contribution in [0.1, 0.15) is 11.1 Å². The van der Waals surface area contributed by atoms with Gasteiger partial charge in [0, 0.05) is 5.39 Å². The molecule has 3 rings (SSSR count). The first-order valence-electron chi connectivity index (χ1n) is 5.76. The summed E-state index contributed by atoms with van der Waals surface area (Å²) >= 11 is 0. The van der Waals surface area contributed by atoms with Crippen LogP contribution in [0, 0.1) is 13.8 Å². The summed E-state index contributed by atoms with van der Waals surface area (Å²) < 4.78 is 0.